The van der Waals surface area contributed by atoms with Crippen molar-refractivity contribution in [2.45, 2.75) is 55.4 Å². The molecule has 4 nitrogen and oxygen atoms in total. The average molecular weight is 639 g/mol. The Labute approximate surface area is 217 Å². The molecule has 3 rings (SSSR count). The fourth-order valence-electron chi connectivity index (χ4n) is 2.82. The summed E-state index contributed by atoms with van der Waals surface area (Å²) in [6, 6.07) is 17.4. The first-order valence-corrected chi connectivity index (χ1v) is 11.1. The maximum Gasteiger partial charge on any atom is 0.164 e. The molecule has 5 heteroatoms. The molecule has 0 saturated heterocycles. The number of carbonyl (C=O) groups excluding carboxylic acids is 1. The molecule has 0 atom stereocenters. The van der Waals surface area contributed by atoms with E-state index >= 15 is 0 Å². The minimum Gasteiger partial charge on any atom is -0.516 e. The number of aryl methyl sites for hydroxylation is 2. The van der Waals surface area contributed by atoms with Gasteiger partial charge in [-0.15, -0.1) is 29.8 Å². The monoisotopic (exact) mass is 639 g/mol. The summed E-state index contributed by atoms with van der Waals surface area (Å²) in [5.74, 6) is 0.924. The minimum atomic E-state index is -0.417. The Bertz CT molecular complexity index is 1170. The molecule has 34 heavy (non-hydrogen) atoms. The third kappa shape index (κ3) is 8.07. The second-order valence-corrected chi connectivity index (χ2v) is 10.4. The number of ketones is 1. The molecule has 0 aliphatic carbocycles. The first-order chi connectivity index (χ1) is 15.2. The molecule has 0 saturated carbocycles. The van der Waals surface area contributed by atoms with E-state index < -0.39 is 5.41 Å². The van der Waals surface area contributed by atoms with Crippen LogP contribution in [0.1, 0.15) is 52.7 Å². The molecule has 1 heterocycles. The minimum absolute atomic E-state index is 0. The summed E-state index contributed by atoms with van der Waals surface area (Å²) in [5.41, 5.74) is 4.67. The van der Waals surface area contributed by atoms with Gasteiger partial charge in [0.1, 0.15) is 5.76 Å². The molecule has 3 aromatic rings. The molecular weight excluding hydrogens is 603 g/mol. The van der Waals surface area contributed by atoms with Gasteiger partial charge in [-0.25, -0.2) is 0 Å². The fraction of sp³-hybridized carbons (Fsp3) is 0.379. The fourth-order valence-corrected chi connectivity index (χ4v) is 2.82. The average Bonchev–Trinajstić information content (AvgIpc) is 2.73. The van der Waals surface area contributed by atoms with Crippen molar-refractivity contribution in [1.82, 2.24) is 4.98 Å². The van der Waals surface area contributed by atoms with Crippen LogP contribution in [0, 0.1) is 30.7 Å². The summed E-state index contributed by atoms with van der Waals surface area (Å²) in [6.45, 7) is 15.4. The van der Waals surface area contributed by atoms with Crippen molar-refractivity contribution in [2.24, 2.45) is 10.8 Å². The molecule has 2 aromatic carbocycles. The number of methoxy groups -OCH3 is 1. The van der Waals surface area contributed by atoms with Gasteiger partial charge in [0.25, 0.3) is 0 Å². The molecule has 0 amide bonds. The van der Waals surface area contributed by atoms with E-state index in [1.165, 1.54) is 22.6 Å². The Morgan fingerprint density at radius 2 is 1.59 bits per heavy atom. The van der Waals surface area contributed by atoms with Crippen molar-refractivity contribution in [3.8, 4) is 17.0 Å². The summed E-state index contributed by atoms with van der Waals surface area (Å²) >= 11 is 0. The number of aliphatic hydroxyl groups excluding tert-OH is 1. The van der Waals surface area contributed by atoms with Crippen LogP contribution in [0.25, 0.3) is 22.2 Å². The van der Waals surface area contributed by atoms with Gasteiger partial charge in [0.2, 0.25) is 0 Å². The van der Waals surface area contributed by atoms with Crippen molar-refractivity contribution in [2.75, 3.05) is 7.11 Å². The SMILES string of the molecule is CC(C)(C)C(=O)/C=C(\O)C(C)(C)C.COc1cc[c-]c(-c2ccc3cc(C)c(C)cc3n2)c1.[Ir]. The number of ether oxygens (including phenoxy) is 1. The zero-order valence-electron chi connectivity index (χ0n) is 21.7. The Hall–Kier alpha value is -2.49. The van der Waals surface area contributed by atoms with Gasteiger partial charge in [-0.3, -0.25) is 9.78 Å². The van der Waals surface area contributed by atoms with E-state index in [1.54, 1.807) is 7.11 Å². The molecule has 1 radical (unpaired) electrons. The summed E-state index contributed by atoms with van der Waals surface area (Å²) < 4.78 is 5.25. The predicted molar refractivity (Wildman–Crippen MR) is 137 cm³/mol. The van der Waals surface area contributed by atoms with Gasteiger partial charge < -0.3 is 9.84 Å². The van der Waals surface area contributed by atoms with E-state index in [9.17, 15) is 9.90 Å². The quantitative estimate of drug-likeness (QED) is 0.184. The number of hydrogen-bond donors (Lipinski definition) is 1. The molecule has 0 fully saturated rings. The smallest absolute Gasteiger partial charge is 0.164 e. The van der Waals surface area contributed by atoms with Gasteiger partial charge in [0.05, 0.1) is 12.6 Å². The van der Waals surface area contributed by atoms with E-state index in [0.29, 0.717) is 0 Å². The van der Waals surface area contributed by atoms with Crippen molar-refractivity contribution in [3.63, 3.8) is 0 Å². The largest absolute Gasteiger partial charge is 0.516 e. The summed E-state index contributed by atoms with van der Waals surface area (Å²) in [6.07, 6.45) is 1.33. The van der Waals surface area contributed by atoms with Gasteiger partial charge in [0.15, 0.2) is 5.78 Å². The van der Waals surface area contributed by atoms with Crippen LogP contribution in [0.5, 0.6) is 5.75 Å². The van der Waals surface area contributed by atoms with Crippen LogP contribution in [0.4, 0.5) is 0 Å². The number of hydrogen-bond acceptors (Lipinski definition) is 4. The number of pyridine rings is 1. The Morgan fingerprint density at radius 1 is 0.971 bits per heavy atom. The third-order valence-corrected chi connectivity index (χ3v) is 5.36. The number of aliphatic hydroxyl groups is 1. The van der Waals surface area contributed by atoms with Gasteiger partial charge >= 0.3 is 0 Å². The summed E-state index contributed by atoms with van der Waals surface area (Å²) in [5, 5.41) is 10.7. The molecule has 0 aliphatic heterocycles. The maximum atomic E-state index is 11.5. The second-order valence-electron chi connectivity index (χ2n) is 10.4. The van der Waals surface area contributed by atoms with Crippen molar-refractivity contribution in [1.29, 1.82) is 0 Å². The van der Waals surface area contributed by atoms with E-state index in [2.05, 4.69) is 38.1 Å². The van der Waals surface area contributed by atoms with Crippen LogP contribution in [0.15, 0.2) is 54.3 Å². The first-order valence-electron chi connectivity index (χ1n) is 11.1. The van der Waals surface area contributed by atoms with Gasteiger partial charge in [-0.2, -0.15) is 0 Å². The number of aromatic nitrogens is 1. The van der Waals surface area contributed by atoms with Crippen LogP contribution < -0.4 is 4.74 Å². The van der Waals surface area contributed by atoms with E-state index in [0.717, 1.165) is 22.5 Å². The van der Waals surface area contributed by atoms with E-state index in [1.807, 2.05) is 65.8 Å². The molecule has 1 N–H and O–H groups in total. The van der Waals surface area contributed by atoms with Crippen LogP contribution >= 0.6 is 0 Å². The Morgan fingerprint density at radius 3 is 2.15 bits per heavy atom. The van der Waals surface area contributed by atoms with Crippen molar-refractivity contribution >= 4 is 16.7 Å². The number of benzene rings is 2. The van der Waals surface area contributed by atoms with Crippen LogP contribution in [0.2, 0.25) is 0 Å². The normalized spacial score (nSPS) is 11.9. The van der Waals surface area contributed by atoms with Crippen LogP contribution in [-0.2, 0) is 24.9 Å². The topological polar surface area (TPSA) is 59.4 Å². The summed E-state index contributed by atoms with van der Waals surface area (Å²) in [4.78, 5) is 16.2. The second kappa shape index (κ2) is 11.8. The predicted octanol–water partition coefficient (Wildman–Crippen LogP) is 7.41. The number of rotatable bonds is 3. The molecule has 185 valence electrons. The van der Waals surface area contributed by atoms with E-state index in [-0.39, 0.29) is 37.1 Å². The molecule has 0 bridgehead atoms. The van der Waals surface area contributed by atoms with Crippen LogP contribution in [-0.4, -0.2) is 23.0 Å². The number of fused-ring (bicyclic) bond motifs is 1. The zero-order valence-corrected chi connectivity index (χ0v) is 24.1. The first kappa shape index (κ1) is 29.5. The molecular formula is C29H36IrNO3-. The number of allylic oxidation sites excluding steroid dienone is 2. The molecule has 0 aliphatic rings. The Balaban J connectivity index is 0.000000364. The summed E-state index contributed by atoms with van der Waals surface area (Å²) in [7, 11) is 1.67. The van der Waals surface area contributed by atoms with Gasteiger partial charge in [-0.1, -0.05) is 53.7 Å². The third-order valence-electron chi connectivity index (χ3n) is 5.36. The number of nitrogens with zero attached hydrogens (tertiary/aromatic N) is 1. The van der Waals surface area contributed by atoms with Gasteiger partial charge in [-0.05, 0) is 48.2 Å². The maximum absolute atomic E-state index is 11.5. The molecule has 0 unspecified atom stereocenters. The zero-order chi connectivity index (χ0) is 25.0. The molecule has 1 aromatic heterocycles. The standard InChI is InChI=1S/C18H16NO.C11H20O2.Ir/c1-12-9-15-7-8-17(19-18(15)10-13(12)2)14-5-4-6-16(11-14)20-3;1-10(2,3)8(12)7-9(13)11(4,5)6;/h4,6-11H,1-3H3;7,12H,1-6H3;/q-1;;/b;8-7-;. The van der Waals surface area contributed by atoms with Crippen molar-refractivity contribution < 1.29 is 34.7 Å². The molecule has 0 spiro atoms. The van der Waals surface area contributed by atoms with Gasteiger partial charge in [0, 0.05) is 42.8 Å². The number of carbonyl (C=O) groups is 1. The van der Waals surface area contributed by atoms with E-state index in [4.69, 9.17) is 9.72 Å². The van der Waals surface area contributed by atoms with Crippen LogP contribution in [0.3, 0.4) is 0 Å². The Kier molecular flexibility index (Phi) is 10.2. The van der Waals surface area contributed by atoms with Crippen molar-refractivity contribution in [3.05, 3.63) is 71.5 Å².